The van der Waals surface area contributed by atoms with Crippen LogP contribution in [0.1, 0.15) is 18.9 Å². The van der Waals surface area contributed by atoms with Gasteiger partial charge in [0.2, 0.25) is 0 Å². The Bertz CT molecular complexity index is 880. The number of hydrogen-bond acceptors (Lipinski definition) is 4. The van der Waals surface area contributed by atoms with E-state index in [1.807, 2.05) is 31.2 Å². The van der Waals surface area contributed by atoms with Crippen molar-refractivity contribution in [2.45, 2.75) is 19.9 Å². The molecular weight excluding hydrogens is 388 g/mol. The second-order valence-electron chi connectivity index (χ2n) is 7.30. The first kappa shape index (κ1) is 21.5. The van der Waals surface area contributed by atoms with E-state index in [4.69, 9.17) is 21.7 Å². The van der Waals surface area contributed by atoms with E-state index in [1.54, 1.807) is 12.0 Å². The quantitative estimate of drug-likeness (QED) is 0.543. The number of aromatic nitrogens is 1. The van der Waals surface area contributed by atoms with Gasteiger partial charge in [0, 0.05) is 36.0 Å². The molecule has 7 nitrogen and oxygen atoms in total. The minimum Gasteiger partial charge on any atom is -0.497 e. The number of rotatable bonds is 8. The fraction of sp³-hybridized carbons (Fsp3) is 0.524. The number of aromatic amines is 1. The van der Waals surface area contributed by atoms with Crippen LogP contribution >= 0.6 is 12.2 Å². The first-order chi connectivity index (χ1) is 14.1. The number of fused-ring (bicyclic) bond motifs is 1. The molecule has 158 valence electrons. The van der Waals surface area contributed by atoms with Crippen molar-refractivity contribution >= 4 is 28.2 Å². The molecule has 1 saturated heterocycles. The number of hydrogen-bond donors (Lipinski definition) is 3. The van der Waals surface area contributed by atoms with Gasteiger partial charge < -0.3 is 29.6 Å². The highest BCUT2D eigenvalue weighted by atomic mass is 32.1. The van der Waals surface area contributed by atoms with Gasteiger partial charge in [-0.25, -0.2) is 0 Å². The Morgan fingerprint density at radius 3 is 2.86 bits per heavy atom. The molecule has 2 heterocycles. The van der Waals surface area contributed by atoms with Crippen molar-refractivity contribution in [2.75, 3.05) is 53.0 Å². The van der Waals surface area contributed by atoms with Gasteiger partial charge in [0.25, 0.3) is 5.56 Å². The van der Waals surface area contributed by atoms with Crippen LogP contribution in [0, 0.1) is 0 Å². The number of morpholine rings is 1. The van der Waals surface area contributed by atoms with Gasteiger partial charge in [-0.2, -0.15) is 0 Å². The van der Waals surface area contributed by atoms with Crippen LogP contribution in [0.2, 0.25) is 0 Å². The first-order valence-corrected chi connectivity index (χ1v) is 10.7. The molecule has 1 aromatic heterocycles. The third-order valence-corrected chi connectivity index (χ3v) is 5.67. The smallest absolute Gasteiger partial charge is 0.253 e. The molecule has 1 aromatic carbocycles. The molecule has 1 aliphatic heterocycles. The molecule has 0 atom stereocenters. The lowest BCUT2D eigenvalue weighted by molar-refractivity contribution is -0.908. The van der Waals surface area contributed by atoms with Crippen LogP contribution in [0.4, 0.5) is 0 Å². The Balaban J connectivity index is 1.72. The summed E-state index contributed by atoms with van der Waals surface area (Å²) in [6, 6.07) is 7.58. The van der Waals surface area contributed by atoms with Crippen LogP contribution in [0.15, 0.2) is 29.1 Å². The van der Waals surface area contributed by atoms with Crippen molar-refractivity contribution in [2.24, 2.45) is 0 Å². The molecule has 0 bridgehead atoms. The topological polar surface area (TPSA) is 71.0 Å². The lowest BCUT2D eigenvalue weighted by Crippen LogP contribution is -3.14. The second kappa shape index (κ2) is 10.6. The van der Waals surface area contributed by atoms with Crippen LogP contribution in [0.5, 0.6) is 5.75 Å². The van der Waals surface area contributed by atoms with Gasteiger partial charge in [-0.05, 0) is 43.4 Å². The maximum Gasteiger partial charge on any atom is 0.253 e. The van der Waals surface area contributed by atoms with E-state index < -0.39 is 0 Å². The van der Waals surface area contributed by atoms with Crippen molar-refractivity contribution < 1.29 is 14.4 Å². The summed E-state index contributed by atoms with van der Waals surface area (Å²) < 4.78 is 10.7. The van der Waals surface area contributed by atoms with Gasteiger partial charge >= 0.3 is 0 Å². The van der Waals surface area contributed by atoms with Crippen LogP contribution in [-0.4, -0.2) is 68.0 Å². The zero-order valence-corrected chi connectivity index (χ0v) is 18.1. The highest BCUT2D eigenvalue weighted by Crippen LogP contribution is 2.19. The third-order valence-electron chi connectivity index (χ3n) is 5.26. The molecule has 3 N–H and O–H groups in total. The third kappa shape index (κ3) is 5.91. The van der Waals surface area contributed by atoms with Gasteiger partial charge in [0.05, 0.1) is 33.4 Å². The summed E-state index contributed by atoms with van der Waals surface area (Å²) >= 11 is 5.58. The number of thiocarbonyl (C=S) groups is 1. The van der Waals surface area contributed by atoms with Crippen molar-refractivity contribution in [3.05, 3.63) is 40.2 Å². The fourth-order valence-electron chi connectivity index (χ4n) is 3.63. The number of H-pyrrole nitrogens is 1. The number of nitrogens with one attached hydrogen (secondary N) is 3. The molecule has 1 aliphatic rings. The number of pyridine rings is 1. The molecule has 2 aromatic rings. The first-order valence-electron chi connectivity index (χ1n) is 10.2. The number of nitrogens with zero attached hydrogens (tertiary/aromatic N) is 1. The Labute approximate surface area is 177 Å². The molecule has 0 amide bonds. The van der Waals surface area contributed by atoms with Crippen LogP contribution in [-0.2, 0) is 11.3 Å². The molecule has 0 spiro atoms. The Morgan fingerprint density at radius 2 is 2.14 bits per heavy atom. The van der Waals surface area contributed by atoms with E-state index in [1.165, 1.54) is 0 Å². The molecule has 29 heavy (non-hydrogen) atoms. The van der Waals surface area contributed by atoms with Gasteiger partial charge in [0.15, 0.2) is 5.11 Å². The molecule has 0 unspecified atom stereocenters. The zero-order chi connectivity index (χ0) is 20.6. The summed E-state index contributed by atoms with van der Waals surface area (Å²) in [7, 11) is 1.64. The highest BCUT2D eigenvalue weighted by Gasteiger charge is 2.16. The lowest BCUT2D eigenvalue weighted by atomic mass is 10.1. The molecule has 3 rings (SSSR count). The standard InChI is InChI=1S/C21H30N4O3S/c1-3-22-21(29)25(8-4-7-24-9-11-28-12-10-24)15-17-13-16-14-18(27-2)5-6-19(16)23-20(17)26/h5-6,13-14H,3-4,7-12,15H2,1-2H3,(H,22,29)(H,23,26)/p+1. The fourth-order valence-corrected chi connectivity index (χ4v) is 3.93. The van der Waals surface area contributed by atoms with Gasteiger partial charge in [-0.15, -0.1) is 0 Å². The molecule has 0 aliphatic carbocycles. The SMILES string of the molecule is CCNC(=S)N(CCC[NH+]1CCOCC1)Cc1cc2cc(OC)ccc2[nH]c1=O. The van der Waals surface area contributed by atoms with E-state index in [2.05, 4.69) is 15.2 Å². The van der Waals surface area contributed by atoms with Crippen LogP contribution in [0.3, 0.4) is 0 Å². The minimum atomic E-state index is -0.0780. The minimum absolute atomic E-state index is 0.0780. The monoisotopic (exact) mass is 419 g/mol. The van der Waals surface area contributed by atoms with E-state index in [0.29, 0.717) is 17.2 Å². The van der Waals surface area contributed by atoms with E-state index in [-0.39, 0.29) is 5.56 Å². The second-order valence-corrected chi connectivity index (χ2v) is 7.69. The maximum atomic E-state index is 12.6. The molecule has 0 saturated carbocycles. The van der Waals surface area contributed by atoms with Crippen molar-refractivity contribution in [1.82, 2.24) is 15.2 Å². The average Bonchev–Trinajstić information content (AvgIpc) is 2.74. The number of ether oxygens (including phenoxy) is 2. The average molecular weight is 420 g/mol. The summed E-state index contributed by atoms with van der Waals surface area (Å²) in [5, 5.41) is 4.87. The number of methoxy groups -OCH3 is 1. The highest BCUT2D eigenvalue weighted by molar-refractivity contribution is 7.80. The van der Waals surface area contributed by atoms with Gasteiger partial charge in [-0.1, -0.05) is 0 Å². The summed E-state index contributed by atoms with van der Waals surface area (Å²) in [6.45, 7) is 8.95. The van der Waals surface area contributed by atoms with Crippen LogP contribution < -0.4 is 20.5 Å². The summed E-state index contributed by atoms with van der Waals surface area (Å²) in [5.74, 6) is 0.768. The predicted molar refractivity (Wildman–Crippen MR) is 119 cm³/mol. The van der Waals surface area contributed by atoms with Crippen molar-refractivity contribution in [1.29, 1.82) is 0 Å². The predicted octanol–water partition coefficient (Wildman–Crippen LogP) is 0.538. The molecule has 8 heteroatoms. The van der Waals surface area contributed by atoms with E-state index in [9.17, 15) is 4.79 Å². The van der Waals surface area contributed by atoms with Gasteiger partial charge in [0.1, 0.15) is 18.8 Å². The summed E-state index contributed by atoms with van der Waals surface area (Å²) in [6.07, 6.45) is 1.01. The lowest BCUT2D eigenvalue weighted by Gasteiger charge is -2.28. The van der Waals surface area contributed by atoms with Crippen molar-refractivity contribution in [3.8, 4) is 5.75 Å². The van der Waals surface area contributed by atoms with E-state index >= 15 is 0 Å². The molecular formula is C21H31N4O3S+. The Kier molecular flexibility index (Phi) is 7.85. The normalized spacial score (nSPS) is 14.7. The molecule has 0 radical (unpaired) electrons. The van der Waals surface area contributed by atoms with Crippen LogP contribution in [0.25, 0.3) is 10.9 Å². The Hall–Kier alpha value is -2.16. The molecule has 1 fully saturated rings. The largest absolute Gasteiger partial charge is 0.497 e. The van der Waals surface area contributed by atoms with Gasteiger partial charge in [-0.3, -0.25) is 4.79 Å². The number of quaternary nitrogens is 1. The van der Waals surface area contributed by atoms with Crippen molar-refractivity contribution in [3.63, 3.8) is 0 Å². The maximum absolute atomic E-state index is 12.6. The zero-order valence-electron chi connectivity index (χ0n) is 17.3. The summed E-state index contributed by atoms with van der Waals surface area (Å²) in [5.41, 5.74) is 1.42. The van der Waals surface area contributed by atoms with E-state index in [0.717, 1.165) is 69.0 Å². The number of benzene rings is 1. The Morgan fingerprint density at radius 1 is 1.34 bits per heavy atom. The summed E-state index contributed by atoms with van der Waals surface area (Å²) in [4.78, 5) is 19.3.